The molecule has 0 unspecified atom stereocenters. The molecule has 140 valence electrons. The highest BCUT2D eigenvalue weighted by molar-refractivity contribution is 7.71. The zero-order chi connectivity index (χ0) is 18.5. The average molecular weight is 375 g/mol. The third-order valence-corrected chi connectivity index (χ3v) is 5.31. The monoisotopic (exact) mass is 375 g/mol. The molecule has 1 aliphatic rings. The SMILES string of the molecule is Cc1ncc(CO)c(/C=N/n2c(CCC3CCCCC3)n[nH]c2=S)c1O. The van der Waals surface area contributed by atoms with Crippen molar-refractivity contribution in [3.8, 4) is 5.75 Å². The van der Waals surface area contributed by atoms with Crippen LogP contribution in [0.2, 0.25) is 0 Å². The van der Waals surface area contributed by atoms with Crippen LogP contribution in [0.5, 0.6) is 5.75 Å². The standard InChI is InChI=1S/C18H25N5O2S/c1-12-17(25)15(14(11-24)9-19-12)10-20-23-16(21-22-18(23)26)8-7-13-5-3-2-4-6-13/h9-10,13,24-25H,2-8,11H2,1H3,(H,22,26)/b20-10+. The quantitative estimate of drug-likeness (QED) is 0.532. The van der Waals surface area contributed by atoms with E-state index in [1.54, 1.807) is 11.6 Å². The summed E-state index contributed by atoms with van der Waals surface area (Å²) in [6.45, 7) is 1.47. The molecule has 0 atom stereocenters. The summed E-state index contributed by atoms with van der Waals surface area (Å²) in [5, 5.41) is 31.2. The largest absolute Gasteiger partial charge is 0.505 e. The van der Waals surface area contributed by atoms with E-state index in [2.05, 4.69) is 20.3 Å². The molecule has 3 rings (SSSR count). The number of aliphatic hydroxyl groups is 1. The number of hydrogen-bond acceptors (Lipinski definition) is 6. The van der Waals surface area contributed by atoms with Crippen molar-refractivity contribution in [2.45, 2.75) is 58.5 Å². The van der Waals surface area contributed by atoms with Crippen molar-refractivity contribution in [2.75, 3.05) is 0 Å². The molecule has 2 aromatic heterocycles. The fourth-order valence-corrected chi connectivity index (χ4v) is 3.65. The van der Waals surface area contributed by atoms with Gasteiger partial charge in [-0.05, 0) is 31.5 Å². The first-order chi connectivity index (χ1) is 12.6. The van der Waals surface area contributed by atoms with Crippen LogP contribution in [0.1, 0.15) is 61.2 Å². The van der Waals surface area contributed by atoms with E-state index in [0.717, 1.165) is 24.6 Å². The Morgan fingerprint density at radius 1 is 1.38 bits per heavy atom. The summed E-state index contributed by atoms with van der Waals surface area (Å²) in [4.78, 5) is 4.05. The summed E-state index contributed by atoms with van der Waals surface area (Å²) in [7, 11) is 0. The molecule has 8 heteroatoms. The third-order valence-electron chi connectivity index (χ3n) is 5.05. The summed E-state index contributed by atoms with van der Waals surface area (Å²) in [6.07, 6.45) is 11.5. The van der Waals surface area contributed by atoms with Gasteiger partial charge in [0.05, 0.1) is 18.5 Å². The van der Waals surface area contributed by atoms with Gasteiger partial charge in [-0.3, -0.25) is 10.1 Å². The van der Waals surface area contributed by atoms with Crippen molar-refractivity contribution < 1.29 is 10.2 Å². The number of aryl methyl sites for hydroxylation is 2. The third kappa shape index (κ3) is 4.19. The van der Waals surface area contributed by atoms with Gasteiger partial charge in [-0.15, -0.1) is 0 Å². The Kier molecular flexibility index (Phi) is 6.16. The maximum atomic E-state index is 10.2. The molecule has 26 heavy (non-hydrogen) atoms. The Hall–Kier alpha value is -2.06. The molecule has 2 heterocycles. The van der Waals surface area contributed by atoms with Crippen molar-refractivity contribution in [3.05, 3.63) is 33.6 Å². The smallest absolute Gasteiger partial charge is 0.216 e. The molecule has 0 aromatic carbocycles. The molecule has 7 nitrogen and oxygen atoms in total. The first-order valence-corrected chi connectivity index (χ1v) is 9.50. The van der Waals surface area contributed by atoms with Crippen LogP contribution in [-0.4, -0.2) is 36.3 Å². The van der Waals surface area contributed by atoms with Gasteiger partial charge in [0, 0.05) is 23.7 Å². The van der Waals surface area contributed by atoms with E-state index in [4.69, 9.17) is 12.2 Å². The van der Waals surface area contributed by atoms with Gasteiger partial charge >= 0.3 is 0 Å². The zero-order valence-electron chi connectivity index (χ0n) is 15.0. The number of aromatic hydroxyl groups is 1. The number of aromatic nitrogens is 4. The van der Waals surface area contributed by atoms with Crippen molar-refractivity contribution in [1.82, 2.24) is 19.9 Å². The van der Waals surface area contributed by atoms with Gasteiger partial charge in [0.25, 0.3) is 0 Å². The van der Waals surface area contributed by atoms with Gasteiger partial charge in [0.2, 0.25) is 4.77 Å². The Morgan fingerprint density at radius 3 is 2.88 bits per heavy atom. The zero-order valence-corrected chi connectivity index (χ0v) is 15.8. The van der Waals surface area contributed by atoms with Crippen molar-refractivity contribution in [1.29, 1.82) is 0 Å². The highest BCUT2D eigenvalue weighted by atomic mass is 32.1. The lowest BCUT2D eigenvalue weighted by Crippen LogP contribution is -2.09. The fraction of sp³-hybridized carbons (Fsp3) is 0.556. The summed E-state index contributed by atoms with van der Waals surface area (Å²) in [5.41, 5.74) is 1.44. The Labute approximate surface area is 157 Å². The topological polar surface area (TPSA) is 99.3 Å². The minimum Gasteiger partial charge on any atom is -0.505 e. The van der Waals surface area contributed by atoms with Crippen LogP contribution in [0.4, 0.5) is 0 Å². The van der Waals surface area contributed by atoms with Gasteiger partial charge in [-0.1, -0.05) is 32.1 Å². The number of aromatic amines is 1. The minimum atomic E-state index is -0.229. The van der Waals surface area contributed by atoms with Crippen LogP contribution in [0.25, 0.3) is 0 Å². The fourth-order valence-electron chi connectivity index (χ4n) is 3.45. The maximum absolute atomic E-state index is 10.2. The number of H-pyrrole nitrogens is 1. The maximum Gasteiger partial charge on any atom is 0.216 e. The van der Waals surface area contributed by atoms with E-state index in [0.29, 0.717) is 21.6 Å². The Bertz CT molecular complexity index is 837. The van der Waals surface area contributed by atoms with E-state index in [-0.39, 0.29) is 12.4 Å². The predicted octanol–water partition coefficient (Wildman–Crippen LogP) is 3.24. The number of nitrogens with one attached hydrogen (secondary N) is 1. The van der Waals surface area contributed by atoms with E-state index >= 15 is 0 Å². The van der Waals surface area contributed by atoms with Gasteiger partial charge in [0.1, 0.15) is 5.75 Å². The molecular formula is C18H25N5O2S. The van der Waals surface area contributed by atoms with Crippen LogP contribution in [0.3, 0.4) is 0 Å². The molecular weight excluding hydrogens is 350 g/mol. The van der Waals surface area contributed by atoms with E-state index in [1.807, 2.05) is 0 Å². The van der Waals surface area contributed by atoms with Crippen LogP contribution >= 0.6 is 12.2 Å². The minimum absolute atomic E-state index is 0.0130. The molecule has 1 aliphatic carbocycles. The van der Waals surface area contributed by atoms with Gasteiger partial charge in [0.15, 0.2) is 5.82 Å². The predicted molar refractivity (Wildman–Crippen MR) is 102 cm³/mol. The van der Waals surface area contributed by atoms with Crippen LogP contribution in [0, 0.1) is 17.6 Å². The number of hydrogen-bond donors (Lipinski definition) is 3. The van der Waals surface area contributed by atoms with Crippen molar-refractivity contribution >= 4 is 18.4 Å². The van der Waals surface area contributed by atoms with E-state index in [1.165, 1.54) is 44.5 Å². The lowest BCUT2D eigenvalue weighted by Gasteiger charge is -2.20. The molecule has 0 amide bonds. The van der Waals surface area contributed by atoms with E-state index in [9.17, 15) is 10.2 Å². The molecule has 0 saturated heterocycles. The van der Waals surface area contributed by atoms with Crippen LogP contribution < -0.4 is 0 Å². The van der Waals surface area contributed by atoms with Crippen molar-refractivity contribution in [2.24, 2.45) is 11.0 Å². The van der Waals surface area contributed by atoms with E-state index < -0.39 is 0 Å². The van der Waals surface area contributed by atoms with Crippen LogP contribution in [-0.2, 0) is 13.0 Å². The highest BCUT2D eigenvalue weighted by Gasteiger charge is 2.15. The first-order valence-electron chi connectivity index (χ1n) is 9.09. The second-order valence-corrected chi connectivity index (χ2v) is 7.22. The lowest BCUT2D eigenvalue weighted by atomic mass is 9.86. The number of nitrogens with zero attached hydrogens (tertiary/aromatic N) is 4. The Balaban J connectivity index is 1.80. The average Bonchev–Trinajstić information content (AvgIpc) is 3.02. The normalized spacial score (nSPS) is 15.8. The molecule has 0 aliphatic heterocycles. The molecule has 1 fully saturated rings. The summed E-state index contributed by atoms with van der Waals surface area (Å²) in [5.74, 6) is 1.55. The molecule has 3 N–H and O–H groups in total. The molecule has 0 radical (unpaired) electrons. The molecule has 2 aromatic rings. The molecule has 0 bridgehead atoms. The first kappa shape index (κ1) is 18.7. The van der Waals surface area contributed by atoms with Gasteiger partial charge in [-0.2, -0.15) is 14.9 Å². The molecule has 0 spiro atoms. The Morgan fingerprint density at radius 2 is 2.15 bits per heavy atom. The second kappa shape index (κ2) is 8.55. The number of rotatable bonds is 6. The highest BCUT2D eigenvalue weighted by Crippen LogP contribution is 2.27. The second-order valence-electron chi connectivity index (χ2n) is 6.83. The molecule has 1 saturated carbocycles. The summed E-state index contributed by atoms with van der Waals surface area (Å²) < 4.78 is 2.00. The number of aliphatic hydroxyl groups excluding tert-OH is 1. The summed E-state index contributed by atoms with van der Waals surface area (Å²) >= 11 is 5.29. The number of pyridine rings is 1. The van der Waals surface area contributed by atoms with Crippen LogP contribution in [0.15, 0.2) is 11.3 Å². The van der Waals surface area contributed by atoms with Gasteiger partial charge < -0.3 is 10.2 Å². The lowest BCUT2D eigenvalue weighted by molar-refractivity contribution is 0.280. The van der Waals surface area contributed by atoms with Crippen molar-refractivity contribution in [3.63, 3.8) is 0 Å². The van der Waals surface area contributed by atoms with Gasteiger partial charge in [-0.25, -0.2) is 0 Å². The summed E-state index contributed by atoms with van der Waals surface area (Å²) in [6, 6.07) is 0.